The molecule has 0 aliphatic heterocycles. The molecule has 0 radical (unpaired) electrons. The summed E-state index contributed by atoms with van der Waals surface area (Å²) in [7, 11) is 0. The summed E-state index contributed by atoms with van der Waals surface area (Å²) in [6.07, 6.45) is 0. The average molecular weight is 412 g/mol. The van der Waals surface area contributed by atoms with Gasteiger partial charge in [0.2, 0.25) is 0 Å². The molecule has 0 saturated carbocycles. The van der Waals surface area contributed by atoms with Crippen LogP contribution in [0.3, 0.4) is 0 Å². The summed E-state index contributed by atoms with van der Waals surface area (Å²) in [6.45, 7) is 1.90. The Bertz CT molecular complexity index is 704. The Morgan fingerprint density at radius 3 is 2.67 bits per heavy atom. The number of amides is 1. The highest BCUT2D eigenvalue weighted by atomic mass is 127. The molecule has 0 aromatic heterocycles. The normalized spacial score (nSPS) is 10.0. The molecule has 2 aromatic carbocycles. The van der Waals surface area contributed by atoms with Crippen LogP contribution < -0.4 is 10.6 Å². The largest absolute Gasteiger partial charge is 0.506 e. The van der Waals surface area contributed by atoms with Gasteiger partial charge >= 0.3 is 0 Å². The lowest BCUT2D eigenvalue weighted by Gasteiger charge is -2.12. The number of anilines is 1. The van der Waals surface area contributed by atoms with Crippen molar-refractivity contribution in [2.75, 3.05) is 5.32 Å². The number of nitrogens with one attached hydrogen (secondary N) is 2. The summed E-state index contributed by atoms with van der Waals surface area (Å²) >= 11 is 7.19. The van der Waals surface area contributed by atoms with E-state index in [2.05, 4.69) is 33.2 Å². The van der Waals surface area contributed by atoms with E-state index in [-0.39, 0.29) is 16.8 Å². The Hall–Kier alpha value is -1.67. The van der Waals surface area contributed by atoms with Crippen LogP contribution in [0, 0.1) is 10.5 Å². The number of benzene rings is 2. The van der Waals surface area contributed by atoms with Crippen LogP contribution in [0.2, 0.25) is 0 Å². The maximum absolute atomic E-state index is 12.1. The van der Waals surface area contributed by atoms with Gasteiger partial charge in [-0.05, 0) is 71.6 Å². The quantitative estimate of drug-likeness (QED) is 0.402. The first-order valence-corrected chi connectivity index (χ1v) is 7.62. The molecule has 0 bridgehead atoms. The van der Waals surface area contributed by atoms with Gasteiger partial charge < -0.3 is 10.4 Å². The molecule has 0 spiro atoms. The van der Waals surface area contributed by atoms with E-state index in [1.165, 1.54) is 0 Å². The highest BCUT2D eigenvalue weighted by molar-refractivity contribution is 14.1. The molecule has 0 heterocycles. The molecule has 4 nitrogen and oxygen atoms in total. The maximum atomic E-state index is 12.1. The number of rotatable bonds is 2. The van der Waals surface area contributed by atoms with Gasteiger partial charge in [0, 0.05) is 3.57 Å². The first-order chi connectivity index (χ1) is 9.97. The molecule has 21 heavy (non-hydrogen) atoms. The number of halogens is 1. The predicted octanol–water partition coefficient (Wildman–Crippen LogP) is 3.43. The van der Waals surface area contributed by atoms with E-state index >= 15 is 0 Å². The fraction of sp³-hybridized carbons (Fsp3) is 0.0667. The predicted molar refractivity (Wildman–Crippen MR) is 95.7 cm³/mol. The summed E-state index contributed by atoms with van der Waals surface area (Å²) in [5, 5.41) is 15.3. The average Bonchev–Trinajstić information content (AvgIpc) is 2.43. The molecule has 0 aliphatic carbocycles. The Labute approximate surface area is 141 Å². The summed E-state index contributed by atoms with van der Waals surface area (Å²) < 4.78 is 0.841. The van der Waals surface area contributed by atoms with E-state index in [1.807, 2.05) is 19.1 Å². The fourth-order valence-corrected chi connectivity index (χ4v) is 2.55. The van der Waals surface area contributed by atoms with Crippen molar-refractivity contribution >= 4 is 51.5 Å². The van der Waals surface area contributed by atoms with Crippen LogP contribution in [0.25, 0.3) is 0 Å². The summed E-state index contributed by atoms with van der Waals surface area (Å²) in [4.78, 5) is 12.1. The molecular weight excluding hydrogens is 399 g/mol. The van der Waals surface area contributed by atoms with Crippen molar-refractivity contribution in [3.63, 3.8) is 0 Å². The van der Waals surface area contributed by atoms with Crippen molar-refractivity contribution in [2.24, 2.45) is 0 Å². The minimum Gasteiger partial charge on any atom is -0.506 e. The highest BCUT2D eigenvalue weighted by Crippen LogP contribution is 2.23. The lowest BCUT2D eigenvalue weighted by atomic mass is 10.2. The van der Waals surface area contributed by atoms with Crippen LogP contribution in [-0.4, -0.2) is 16.1 Å². The molecular formula is C15H13IN2O2S. The van der Waals surface area contributed by atoms with Gasteiger partial charge in [-0.1, -0.05) is 18.2 Å². The van der Waals surface area contributed by atoms with Gasteiger partial charge in [-0.25, -0.2) is 0 Å². The monoisotopic (exact) mass is 412 g/mol. The lowest BCUT2D eigenvalue weighted by Crippen LogP contribution is -2.34. The Balaban J connectivity index is 2.07. The third-order valence-corrected chi connectivity index (χ3v) is 3.89. The molecule has 0 atom stereocenters. The molecule has 108 valence electrons. The van der Waals surface area contributed by atoms with Crippen molar-refractivity contribution < 1.29 is 9.90 Å². The smallest absolute Gasteiger partial charge is 0.258 e. The van der Waals surface area contributed by atoms with Crippen molar-refractivity contribution in [1.29, 1.82) is 0 Å². The zero-order valence-electron chi connectivity index (χ0n) is 11.2. The van der Waals surface area contributed by atoms with E-state index in [9.17, 15) is 9.90 Å². The molecule has 0 aliphatic rings. The molecule has 1 amide bonds. The zero-order chi connectivity index (χ0) is 15.4. The zero-order valence-corrected chi connectivity index (χ0v) is 14.2. The van der Waals surface area contributed by atoms with Crippen LogP contribution in [0.15, 0.2) is 42.5 Å². The number of phenolic OH excluding ortho intramolecular Hbond substituents is 1. The SMILES string of the molecule is Cc1ccc(O)c(NC(=S)NC(=O)c2ccccc2I)c1. The Morgan fingerprint density at radius 1 is 1.24 bits per heavy atom. The Kier molecular flexibility index (Phi) is 5.13. The fourth-order valence-electron chi connectivity index (χ4n) is 1.72. The first kappa shape index (κ1) is 15.7. The van der Waals surface area contributed by atoms with Gasteiger partial charge in [-0.3, -0.25) is 10.1 Å². The van der Waals surface area contributed by atoms with Gasteiger partial charge in [-0.2, -0.15) is 0 Å². The van der Waals surface area contributed by atoms with Gasteiger partial charge in [0.05, 0.1) is 11.3 Å². The molecule has 6 heteroatoms. The molecule has 3 N–H and O–H groups in total. The minimum atomic E-state index is -0.287. The first-order valence-electron chi connectivity index (χ1n) is 6.14. The van der Waals surface area contributed by atoms with E-state index < -0.39 is 0 Å². The van der Waals surface area contributed by atoms with Crippen molar-refractivity contribution in [3.8, 4) is 5.75 Å². The van der Waals surface area contributed by atoms with Gasteiger partial charge in [0.1, 0.15) is 5.75 Å². The minimum absolute atomic E-state index is 0.0755. The van der Waals surface area contributed by atoms with Crippen molar-refractivity contribution in [3.05, 3.63) is 57.2 Å². The number of thiocarbonyl (C=S) groups is 1. The number of hydrogen-bond acceptors (Lipinski definition) is 3. The van der Waals surface area contributed by atoms with E-state index in [4.69, 9.17) is 12.2 Å². The molecule has 2 rings (SSSR count). The number of carbonyl (C=O) groups excluding carboxylic acids is 1. The van der Waals surface area contributed by atoms with E-state index in [1.54, 1.807) is 30.3 Å². The highest BCUT2D eigenvalue weighted by Gasteiger charge is 2.11. The van der Waals surface area contributed by atoms with Crippen LogP contribution >= 0.6 is 34.8 Å². The van der Waals surface area contributed by atoms with Crippen LogP contribution in [0.1, 0.15) is 15.9 Å². The van der Waals surface area contributed by atoms with Gasteiger partial charge in [0.25, 0.3) is 5.91 Å². The summed E-state index contributed by atoms with van der Waals surface area (Å²) in [6, 6.07) is 12.3. The van der Waals surface area contributed by atoms with Gasteiger partial charge in [0.15, 0.2) is 5.11 Å². The third kappa shape index (κ3) is 4.15. The number of phenols is 1. The van der Waals surface area contributed by atoms with Crippen LogP contribution in [-0.2, 0) is 0 Å². The van der Waals surface area contributed by atoms with Crippen LogP contribution in [0.4, 0.5) is 5.69 Å². The second-order valence-electron chi connectivity index (χ2n) is 4.41. The standard InChI is InChI=1S/C15H13IN2O2S/c1-9-6-7-13(19)12(8-9)17-15(21)18-14(20)10-4-2-3-5-11(10)16/h2-8,19H,1H3,(H2,17,18,20,21). The summed E-state index contributed by atoms with van der Waals surface area (Å²) in [5.41, 5.74) is 1.99. The molecule has 0 fully saturated rings. The number of aryl methyl sites for hydroxylation is 1. The topological polar surface area (TPSA) is 61.4 Å². The summed E-state index contributed by atoms with van der Waals surface area (Å²) in [5.74, 6) is -0.212. The Morgan fingerprint density at radius 2 is 1.95 bits per heavy atom. The van der Waals surface area contributed by atoms with Gasteiger partial charge in [-0.15, -0.1) is 0 Å². The maximum Gasteiger partial charge on any atom is 0.258 e. The second kappa shape index (κ2) is 6.86. The van der Waals surface area contributed by atoms with Crippen LogP contribution in [0.5, 0.6) is 5.75 Å². The second-order valence-corrected chi connectivity index (χ2v) is 5.98. The lowest BCUT2D eigenvalue weighted by molar-refractivity contribution is 0.0977. The number of carbonyl (C=O) groups is 1. The van der Waals surface area contributed by atoms with Crippen molar-refractivity contribution in [1.82, 2.24) is 5.32 Å². The van der Waals surface area contributed by atoms with E-state index in [0.717, 1.165) is 9.13 Å². The molecule has 2 aromatic rings. The molecule has 0 saturated heterocycles. The molecule has 0 unspecified atom stereocenters. The van der Waals surface area contributed by atoms with E-state index in [0.29, 0.717) is 11.3 Å². The van der Waals surface area contributed by atoms with Crippen molar-refractivity contribution in [2.45, 2.75) is 6.92 Å². The number of hydrogen-bond donors (Lipinski definition) is 3. The number of aromatic hydroxyl groups is 1. The third-order valence-electron chi connectivity index (χ3n) is 2.75.